The molecule has 0 aliphatic rings. The van der Waals surface area contributed by atoms with Crippen molar-refractivity contribution < 1.29 is 18.3 Å². The number of ether oxygens (including phenoxy) is 2. The Morgan fingerprint density at radius 1 is 1.18 bits per heavy atom. The van der Waals surface area contributed by atoms with Gasteiger partial charge in [0.25, 0.3) is 5.92 Å². The average molecular weight is 245 g/mol. The average Bonchev–Trinajstić information content (AvgIpc) is 2.35. The van der Waals surface area contributed by atoms with Gasteiger partial charge >= 0.3 is 0 Å². The normalized spacial score (nSPS) is 11.4. The smallest absolute Gasteiger partial charge is 0.274 e. The topological polar surface area (TPSA) is 30.5 Å². The molecule has 0 aliphatic carbocycles. The van der Waals surface area contributed by atoms with Gasteiger partial charge in [-0.2, -0.15) is 0 Å². The Morgan fingerprint density at radius 2 is 1.82 bits per heavy atom. The molecule has 1 N–H and O–H groups in total. The summed E-state index contributed by atoms with van der Waals surface area (Å²) in [6.45, 7) is 0.251. The molecule has 0 saturated heterocycles. The number of methoxy groups -OCH3 is 2. The van der Waals surface area contributed by atoms with E-state index in [0.29, 0.717) is 11.5 Å². The van der Waals surface area contributed by atoms with Crippen LogP contribution >= 0.6 is 0 Å². The first-order chi connectivity index (χ1) is 8.05. The lowest BCUT2D eigenvalue weighted by Crippen LogP contribution is -2.21. The number of benzene rings is 1. The van der Waals surface area contributed by atoms with Crippen LogP contribution in [-0.4, -0.2) is 27.8 Å². The van der Waals surface area contributed by atoms with E-state index in [1.165, 1.54) is 32.4 Å². The van der Waals surface area contributed by atoms with E-state index in [0.717, 1.165) is 0 Å². The van der Waals surface area contributed by atoms with Crippen molar-refractivity contribution in [1.82, 2.24) is 5.32 Å². The molecule has 0 saturated carbocycles. The molecular formula is C12H17F2NO2. The number of halogens is 2. The van der Waals surface area contributed by atoms with Crippen molar-refractivity contribution >= 4 is 0 Å². The number of hydrogen-bond acceptors (Lipinski definition) is 3. The van der Waals surface area contributed by atoms with E-state index in [2.05, 4.69) is 5.32 Å². The van der Waals surface area contributed by atoms with Crippen LogP contribution in [0.25, 0.3) is 0 Å². The zero-order valence-electron chi connectivity index (χ0n) is 10.2. The maximum absolute atomic E-state index is 13.8. The van der Waals surface area contributed by atoms with Crippen molar-refractivity contribution in [3.05, 3.63) is 23.8 Å². The molecular weight excluding hydrogens is 228 g/mol. The Labute approximate surface area is 99.7 Å². The summed E-state index contributed by atoms with van der Waals surface area (Å²) < 4.78 is 37.5. The summed E-state index contributed by atoms with van der Waals surface area (Å²) in [7, 11) is 4.54. The van der Waals surface area contributed by atoms with E-state index < -0.39 is 5.92 Å². The third-order valence-electron chi connectivity index (χ3n) is 2.49. The van der Waals surface area contributed by atoms with E-state index in [-0.39, 0.29) is 18.5 Å². The Kier molecular flexibility index (Phi) is 4.69. The summed E-state index contributed by atoms with van der Waals surface area (Å²) in [5.41, 5.74) is -0.0644. The third kappa shape index (κ3) is 3.30. The fraction of sp³-hybridized carbons (Fsp3) is 0.500. The monoisotopic (exact) mass is 245 g/mol. The lowest BCUT2D eigenvalue weighted by atomic mass is 10.0. The molecule has 1 aromatic rings. The lowest BCUT2D eigenvalue weighted by molar-refractivity contribution is -0.0125. The predicted molar refractivity (Wildman–Crippen MR) is 62.0 cm³/mol. The van der Waals surface area contributed by atoms with Crippen molar-refractivity contribution in [3.8, 4) is 11.5 Å². The highest BCUT2D eigenvalue weighted by molar-refractivity contribution is 5.44. The summed E-state index contributed by atoms with van der Waals surface area (Å²) in [6, 6.07) is 4.16. The van der Waals surface area contributed by atoms with Crippen LogP contribution in [0.5, 0.6) is 11.5 Å². The predicted octanol–water partition coefficient (Wildman–Crippen LogP) is 2.41. The largest absolute Gasteiger partial charge is 0.493 e. The molecule has 0 amide bonds. The standard InChI is InChI=1S/C12H17F2NO2/c1-15-7-6-12(13,14)9-4-5-10(16-2)11(8-9)17-3/h4-5,8,15H,6-7H2,1-3H3. The molecule has 0 radical (unpaired) electrons. The molecule has 96 valence electrons. The number of hydrogen-bond donors (Lipinski definition) is 1. The fourth-order valence-electron chi connectivity index (χ4n) is 1.49. The minimum Gasteiger partial charge on any atom is -0.493 e. The molecule has 0 unspecified atom stereocenters. The fourth-order valence-corrected chi connectivity index (χ4v) is 1.49. The molecule has 5 heteroatoms. The van der Waals surface area contributed by atoms with Crippen molar-refractivity contribution in [2.45, 2.75) is 12.3 Å². The van der Waals surface area contributed by atoms with Crippen LogP contribution in [0.4, 0.5) is 8.78 Å². The van der Waals surface area contributed by atoms with Gasteiger partial charge in [0, 0.05) is 18.5 Å². The molecule has 1 rings (SSSR count). The summed E-state index contributed by atoms with van der Waals surface area (Å²) in [6.07, 6.45) is -0.251. The number of nitrogens with one attached hydrogen (secondary N) is 1. The second-order valence-electron chi connectivity index (χ2n) is 3.63. The summed E-state index contributed by atoms with van der Waals surface area (Å²) in [5.74, 6) is -2.11. The molecule has 17 heavy (non-hydrogen) atoms. The van der Waals surface area contributed by atoms with Crippen LogP contribution in [-0.2, 0) is 5.92 Å². The SMILES string of the molecule is CNCCC(F)(F)c1ccc(OC)c(OC)c1. The van der Waals surface area contributed by atoms with Gasteiger partial charge in [0.15, 0.2) is 11.5 Å². The molecule has 0 aliphatic heterocycles. The number of alkyl halides is 2. The van der Waals surface area contributed by atoms with Crippen molar-refractivity contribution in [3.63, 3.8) is 0 Å². The zero-order chi connectivity index (χ0) is 12.9. The Hall–Kier alpha value is -1.36. The summed E-state index contributed by atoms with van der Waals surface area (Å²) in [5, 5.41) is 2.71. The van der Waals surface area contributed by atoms with Gasteiger partial charge in [0.2, 0.25) is 0 Å². The Morgan fingerprint density at radius 3 is 2.35 bits per heavy atom. The van der Waals surface area contributed by atoms with E-state index in [4.69, 9.17) is 9.47 Å². The van der Waals surface area contributed by atoms with Gasteiger partial charge < -0.3 is 14.8 Å². The van der Waals surface area contributed by atoms with Crippen LogP contribution in [0.15, 0.2) is 18.2 Å². The van der Waals surface area contributed by atoms with Crippen LogP contribution in [0, 0.1) is 0 Å². The van der Waals surface area contributed by atoms with Gasteiger partial charge in [-0.25, -0.2) is 8.78 Å². The summed E-state index contributed by atoms with van der Waals surface area (Å²) >= 11 is 0. The second kappa shape index (κ2) is 5.82. The maximum atomic E-state index is 13.8. The minimum absolute atomic E-state index is 0.0644. The Bertz CT molecular complexity index is 370. The van der Waals surface area contributed by atoms with Crippen LogP contribution in [0.2, 0.25) is 0 Å². The first kappa shape index (κ1) is 13.7. The first-order valence-electron chi connectivity index (χ1n) is 5.30. The summed E-state index contributed by atoms with van der Waals surface area (Å²) in [4.78, 5) is 0. The van der Waals surface area contributed by atoms with Crippen LogP contribution in [0.3, 0.4) is 0 Å². The van der Waals surface area contributed by atoms with E-state index >= 15 is 0 Å². The van der Waals surface area contributed by atoms with Crippen molar-refractivity contribution in [2.75, 3.05) is 27.8 Å². The van der Waals surface area contributed by atoms with Crippen LogP contribution in [0.1, 0.15) is 12.0 Å². The highest BCUT2D eigenvalue weighted by Gasteiger charge is 2.31. The zero-order valence-corrected chi connectivity index (χ0v) is 10.2. The van der Waals surface area contributed by atoms with E-state index in [1.54, 1.807) is 7.05 Å². The highest BCUT2D eigenvalue weighted by Crippen LogP contribution is 2.36. The lowest BCUT2D eigenvalue weighted by Gasteiger charge is -2.18. The molecule has 1 aromatic carbocycles. The second-order valence-corrected chi connectivity index (χ2v) is 3.63. The maximum Gasteiger partial charge on any atom is 0.274 e. The molecule has 0 heterocycles. The van der Waals surface area contributed by atoms with E-state index in [1.807, 2.05) is 0 Å². The van der Waals surface area contributed by atoms with Gasteiger partial charge in [-0.15, -0.1) is 0 Å². The van der Waals surface area contributed by atoms with Crippen molar-refractivity contribution in [2.24, 2.45) is 0 Å². The van der Waals surface area contributed by atoms with E-state index in [9.17, 15) is 8.78 Å². The quantitative estimate of drug-likeness (QED) is 0.834. The van der Waals surface area contributed by atoms with Gasteiger partial charge in [0.1, 0.15) is 0 Å². The molecule has 0 aromatic heterocycles. The Balaban J connectivity index is 2.98. The van der Waals surface area contributed by atoms with Gasteiger partial charge in [0.05, 0.1) is 14.2 Å². The van der Waals surface area contributed by atoms with Crippen molar-refractivity contribution in [1.29, 1.82) is 0 Å². The van der Waals surface area contributed by atoms with Gasteiger partial charge in [-0.1, -0.05) is 0 Å². The highest BCUT2D eigenvalue weighted by atomic mass is 19.3. The molecule has 0 fully saturated rings. The molecule has 0 bridgehead atoms. The van der Waals surface area contributed by atoms with Gasteiger partial charge in [-0.3, -0.25) is 0 Å². The first-order valence-corrected chi connectivity index (χ1v) is 5.30. The molecule has 3 nitrogen and oxygen atoms in total. The van der Waals surface area contributed by atoms with Gasteiger partial charge in [-0.05, 0) is 25.2 Å². The van der Waals surface area contributed by atoms with Crippen LogP contribution < -0.4 is 14.8 Å². The minimum atomic E-state index is -2.87. The molecule has 0 spiro atoms. The number of rotatable bonds is 6. The molecule has 0 atom stereocenters. The third-order valence-corrected chi connectivity index (χ3v) is 2.49.